The smallest absolute Gasteiger partial charge is 0.359 e. The van der Waals surface area contributed by atoms with Crippen LogP contribution in [0.2, 0.25) is 0 Å². The highest BCUT2D eigenvalue weighted by Gasteiger charge is 2.39. The Labute approximate surface area is 91.2 Å². The van der Waals surface area contributed by atoms with Crippen LogP contribution in [0, 0.1) is 0 Å². The minimum atomic E-state index is -3.74. The van der Waals surface area contributed by atoms with Gasteiger partial charge in [0.1, 0.15) is 6.10 Å². The highest BCUT2D eigenvalue weighted by molar-refractivity contribution is 7.88. The number of ether oxygens (including phenoxy) is 1. The van der Waals surface area contributed by atoms with Gasteiger partial charge in [0.15, 0.2) is 17.6 Å². The van der Waals surface area contributed by atoms with E-state index in [0.29, 0.717) is 0 Å². The molecule has 92 valence electrons. The predicted octanol–water partition coefficient (Wildman–Crippen LogP) is -2.42. The van der Waals surface area contributed by atoms with Crippen molar-refractivity contribution in [2.75, 3.05) is 12.9 Å². The fourth-order valence-electron chi connectivity index (χ4n) is 1.11. The summed E-state index contributed by atoms with van der Waals surface area (Å²) in [6.07, 6.45) is -2.18. The number of cyclic esters (lactones) is 1. The van der Waals surface area contributed by atoms with Crippen LogP contribution >= 0.6 is 0 Å². The van der Waals surface area contributed by atoms with Gasteiger partial charge < -0.3 is 20.1 Å². The van der Waals surface area contributed by atoms with E-state index in [1.165, 1.54) is 0 Å². The second-order valence-corrected chi connectivity index (χ2v) is 4.96. The number of hydrogen-bond donors (Lipinski definition) is 4. The molecule has 0 spiro atoms. The Morgan fingerprint density at radius 1 is 1.56 bits per heavy atom. The lowest BCUT2D eigenvalue weighted by Crippen LogP contribution is -2.31. The molecule has 8 nitrogen and oxygen atoms in total. The molecule has 1 aliphatic heterocycles. The number of esters is 1. The van der Waals surface area contributed by atoms with Crippen LogP contribution in [0.25, 0.3) is 0 Å². The topological polar surface area (TPSA) is 133 Å². The largest absolute Gasteiger partial charge is 0.506 e. The van der Waals surface area contributed by atoms with Gasteiger partial charge in [-0.15, -0.1) is 0 Å². The van der Waals surface area contributed by atoms with Gasteiger partial charge in [-0.25, -0.2) is 13.2 Å². The van der Waals surface area contributed by atoms with Gasteiger partial charge in [0.05, 0.1) is 12.9 Å². The first-order valence-electron chi connectivity index (χ1n) is 4.17. The summed E-state index contributed by atoms with van der Waals surface area (Å²) in [6, 6.07) is 0. The number of aliphatic hydroxyl groups is 3. The molecule has 0 aliphatic carbocycles. The van der Waals surface area contributed by atoms with Gasteiger partial charge in [-0.2, -0.15) is 0 Å². The van der Waals surface area contributed by atoms with Crippen LogP contribution in [0.4, 0.5) is 0 Å². The quantitative estimate of drug-likeness (QED) is 0.410. The Balaban J connectivity index is 2.98. The summed E-state index contributed by atoms with van der Waals surface area (Å²) in [5, 5.41) is 27.2. The molecule has 0 radical (unpaired) electrons. The van der Waals surface area contributed by atoms with Crippen LogP contribution in [0.3, 0.4) is 0 Å². The maximum Gasteiger partial charge on any atom is 0.359 e. The monoisotopic (exact) mass is 253 g/mol. The van der Waals surface area contributed by atoms with Crippen LogP contribution in [0.5, 0.6) is 0 Å². The number of nitrogens with one attached hydrogen (secondary N) is 1. The molecule has 0 aromatic heterocycles. The zero-order chi connectivity index (χ0) is 12.5. The number of aliphatic hydroxyl groups excluding tert-OH is 3. The number of rotatable bonds is 4. The van der Waals surface area contributed by atoms with E-state index in [1.54, 1.807) is 4.72 Å². The predicted molar refractivity (Wildman–Crippen MR) is 50.6 cm³/mol. The summed E-state index contributed by atoms with van der Waals surface area (Å²) in [5.41, 5.74) is -0.653. The molecule has 0 saturated heterocycles. The van der Waals surface area contributed by atoms with Crippen molar-refractivity contribution in [2.24, 2.45) is 0 Å². The van der Waals surface area contributed by atoms with Crippen molar-refractivity contribution in [1.82, 2.24) is 4.72 Å². The highest BCUT2D eigenvalue weighted by Crippen LogP contribution is 2.21. The number of sulfonamides is 1. The summed E-state index contributed by atoms with van der Waals surface area (Å²) in [7, 11) is -3.74. The third-order valence-corrected chi connectivity index (χ3v) is 2.36. The van der Waals surface area contributed by atoms with Gasteiger partial charge in [0, 0.05) is 0 Å². The molecule has 4 N–H and O–H groups in total. The van der Waals surface area contributed by atoms with E-state index >= 15 is 0 Å². The molecule has 1 rings (SSSR count). The Bertz CT molecular complexity index is 426. The van der Waals surface area contributed by atoms with Gasteiger partial charge in [0.25, 0.3) is 0 Å². The Kier molecular flexibility index (Phi) is 3.41. The Morgan fingerprint density at radius 3 is 2.56 bits per heavy atom. The highest BCUT2D eigenvalue weighted by atomic mass is 32.2. The average molecular weight is 253 g/mol. The second-order valence-electron chi connectivity index (χ2n) is 3.21. The van der Waals surface area contributed by atoms with Crippen LogP contribution < -0.4 is 4.72 Å². The van der Waals surface area contributed by atoms with Crippen molar-refractivity contribution in [3.05, 3.63) is 11.5 Å². The SMILES string of the molecule is CS(=O)(=O)NC1=C(O)C(C(O)CO)OC1=O. The number of carbonyl (C=O) groups excluding carboxylic acids is 1. The van der Waals surface area contributed by atoms with Crippen LogP contribution in [-0.4, -0.2) is 54.8 Å². The van der Waals surface area contributed by atoms with Gasteiger partial charge >= 0.3 is 5.97 Å². The lowest BCUT2D eigenvalue weighted by molar-refractivity contribution is -0.146. The summed E-state index contributed by atoms with van der Waals surface area (Å²) in [6.45, 7) is -0.742. The van der Waals surface area contributed by atoms with E-state index in [2.05, 4.69) is 4.74 Å². The van der Waals surface area contributed by atoms with Crippen molar-refractivity contribution >= 4 is 16.0 Å². The van der Waals surface area contributed by atoms with E-state index < -0.39 is 46.3 Å². The Morgan fingerprint density at radius 2 is 2.12 bits per heavy atom. The van der Waals surface area contributed by atoms with Gasteiger partial charge in [-0.3, -0.25) is 4.72 Å². The first-order chi connectivity index (χ1) is 7.26. The van der Waals surface area contributed by atoms with E-state index in [9.17, 15) is 18.3 Å². The first-order valence-corrected chi connectivity index (χ1v) is 6.06. The third kappa shape index (κ3) is 2.62. The molecule has 0 aromatic rings. The number of hydrogen-bond acceptors (Lipinski definition) is 7. The first kappa shape index (κ1) is 12.7. The fourth-order valence-corrected chi connectivity index (χ4v) is 1.67. The van der Waals surface area contributed by atoms with Crippen LogP contribution in [-0.2, 0) is 19.6 Å². The summed E-state index contributed by atoms with van der Waals surface area (Å²) >= 11 is 0. The maximum absolute atomic E-state index is 11.1. The van der Waals surface area contributed by atoms with E-state index in [-0.39, 0.29) is 0 Å². The molecule has 2 unspecified atom stereocenters. The molecule has 9 heteroatoms. The van der Waals surface area contributed by atoms with Crippen molar-refractivity contribution in [2.45, 2.75) is 12.2 Å². The molecular formula is C7H11NO7S. The van der Waals surface area contributed by atoms with Crippen molar-refractivity contribution in [3.63, 3.8) is 0 Å². The van der Waals surface area contributed by atoms with Gasteiger partial charge in [-0.05, 0) is 0 Å². The standard InChI is InChI=1S/C7H11NO7S/c1-16(13,14)8-4-5(11)6(3(10)2-9)15-7(4)12/h3,6,8-11H,2H2,1H3. The van der Waals surface area contributed by atoms with E-state index in [1.807, 2.05) is 0 Å². The molecular weight excluding hydrogens is 242 g/mol. The maximum atomic E-state index is 11.1. The van der Waals surface area contributed by atoms with E-state index in [4.69, 9.17) is 10.2 Å². The molecule has 0 saturated carbocycles. The molecule has 0 bridgehead atoms. The van der Waals surface area contributed by atoms with Crippen molar-refractivity contribution < 1.29 is 33.3 Å². The van der Waals surface area contributed by atoms with Crippen LogP contribution in [0.15, 0.2) is 11.5 Å². The summed E-state index contributed by atoms with van der Waals surface area (Å²) < 4.78 is 27.9. The molecule has 0 fully saturated rings. The van der Waals surface area contributed by atoms with Gasteiger partial charge in [0.2, 0.25) is 10.0 Å². The van der Waals surface area contributed by atoms with Crippen molar-refractivity contribution in [1.29, 1.82) is 0 Å². The molecule has 0 aromatic carbocycles. The third-order valence-electron chi connectivity index (χ3n) is 1.79. The van der Waals surface area contributed by atoms with Crippen LogP contribution in [0.1, 0.15) is 0 Å². The van der Waals surface area contributed by atoms with E-state index in [0.717, 1.165) is 6.26 Å². The second kappa shape index (κ2) is 4.28. The lowest BCUT2D eigenvalue weighted by Gasteiger charge is -2.14. The summed E-state index contributed by atoms with van der Waals surface area (Å²) in [4.78, 5) is 11.1. The fraction of sp³-hybridized carbons (Fsp3) is 0.571. The zero-order valence-electron chi connectivity index (χ0n) is 8.24. The molecule has 1 heterocycles. The lowest BCUT2D eigenvalue weighted by atomic mass is 10.2. The molecule has 0 amide bonds. The minimum Gasteiger partial charge on any atom is -0.506 e. The minimum absolute atomic E-state index is 0.653. The van der Waals surface area contributed by atoms with Crippen molar-refractivity contribution in [3.8, 4) is 0 Å². The Hall–Kier alpha value is -1.32. The van der Waals surface area contributed by atoms with Gasteiger partial charge in [-0.1, -0.05) is 0 Å². The molecule has 16 heavy (non-hydrogen) atoms. The summed E-state index contributed by atoms with van der Waals surface area (Å²) in [5.74, 6) is -1.86. The molecule has 2 atom stereocenters. The zero-order valence-corrected chi connectivity index (χ0v) is 9.06. The normalized spacial score (nSPS) is 23.2. The average Bonchev–Trinajstić information content (AvgIpc) is 2.42. The molecule has 1 aliphatic rings. The number of carbonyl (C=O) groups is 1.